The predicted octanol–water partition coefficient (Wildman–Crippen LogP) is 2.99. The summed E-state index contributed by atoms with van der Waals surface area (Å²) in [4.78, 5) is 181. The number of hydrogen-bond acceptors (Lipinski definition) is 34. The number of rotatable bonds is 54. The summed E-state index contributed by atoms with van der Waals surface area (Å²) < 4.78 is 126. The Morgan fingerprint density at radius 2 is 0.844 bits per heavy atom. The van der Waals surface area contributed by atoms with Crippen LogP contribution in [0.1, 0.15) is 167 Å². The summed E-state index contributed by atoms with van der Waals surface area (Å²) in [5.74, 6) is -3.00. The van der Waals surface area contributed by atoms with Gasteiger partial charge in [0.1, 0.15) is 84.1 Å². The Morgan fingerprint density at radius 3 is 1.20 bits per heavy atom. The third-order valence-corrected chi connectivity index (χ3v) is 27.4. The van der Waals surface area contributed by atoms with Crippen LogP contribution in [0.5, 0.6) is 0 Å². The van der Waals surface area contributed by atoms with Crippen LogP contribution in [0.3, 0.4) is 0 Å². The summed E-state index contributed by atoms with van der Waals surface area (Å²) in [5.41, 5.74) is 10.2. The fraction of sp³-hybridized carbons (Fsp3) is 0.676. The van der Waals surface area contributed by atoms with Crippen LogP contribution in [0.2, 0.25) is 0 Å². The van der Waals surface area contributed by atoms with Crippen molar-refractivity contribution in [1.29, 1.82) is 0 Å². The van der Waals surface area contributed by atoms with Crippen molar-refractivity contribution in [3.05, 3.63) is 60.7 Å². The lowest BCUT2D eigenvalue weighted by Crippen LogP contribution is -2.46. The maximum Gasteiger partial charge on any atom is 0.481 e. The monoisotopic (exact) mass is 1850 g/mol. The number of amides is 4. The lowest BCUT2D eigenvalue weighted by Gasteiger charge is -2.30. The van der Waals surface area contributed by atoms with Crippen molar-refractivity contribution in [2.75, 3.05) is 64.1 Å². The van der Waals surface area contributed by atoms with E-state index in [-0.39, 0.29) is 97.4 Å². The molecule has 2 aliphatic carbocycles. The van der Waals surface area contributed by atoms with E-state index in [0.29, 0.717) is 0 Å². The number of hydrogen-bond donors (Lipinski definition) is 18. The molecule has 2 aliphatic heterocycles. The molecule has 122 heavy (non-hydrogen) atoms. The number of ether oxygens (including phenoxy) is 2. The first-order chi connectivity index (χ1) is 57.0. The Hall–Kier alpha value is -6.36. The number of benzene rings is 1. The number of aryl methyl sites for hydroxylation is 2. The molecule has 1 aromatic carbocycles. The van der Waals surface area contributed by atoms with Crippen LogP contribution in [-0.4, -0.2) is 235 Å². The number of carbonyl (C=O) groups excluding carboxylic acids is 6. The average Bonchev–Trinajstić information content (AvgIpc) is 1.62. The molecule has 9 rings (SSSR count). The zero-order chi connectivity index (χ0) is 89.6. The Labute approximate surface area is 698 Å². The Bertz CT molecular complexity index is 4500. The van der Waals surface area contributed by atoms with Gasteiger partial charge in [-0.1, -0.05) is 90.5 Å². The number of nitrogens with two attached hydrogens (primary N) is 2. The van der Waals surface area contributed by atoms with E-state index in [1.807, 2.05) is 12.1 Å². The summed E-state index contributed by atoms with van der Waals surface area (Å²) in [7, 11) is -33.2. The van der Waals surface area contributed by atoms with Crippen LogP contribution < -0.4 is 32.7 Å². The molecule has 54 heteroatoms. The van der Waals surface area contributed by atoms with Gasteiger partial charge in [0.15, 0.2) is 35.4 Å². The Kier molecular flexibility index (Phi) is 34.3. The van der Waals surface area contributed by atoms with Crippen LogP contribution in [0.25, 0.3) is 22.3 Å². The molecule has 2 saturated heterocycles. The highest BCUT2D eigenvalue weighted by molar-refractivity contribution is 7.61. The summed E-state index contributed by atoms with van der Waals surface area (Å²) in [6, 6.07) is 8.38. The molecule has 14 unspecified atom stereocenters. The number of aliphatic hydroxyl groups excluding tert-OH is 4. The number of anilines is 2. The molecule has 682 valence electrons. The van der Waals surface area contributed by atoms with Gasteiger partial charge >= 0.3 is 46.9 Å². The fourth-order valence-electron chi connectivity index (χ4n) is 14.0. The number of aromatic nitrogens is 8. The van der Waals surface area contributed by atoms with Crippen molar-refractivity contribution in [2.24, 2.45) is 21.7 Å². The molecule has 4 aliphatic rings. The molecule has 20 N–H and O–H groups in total. The summed E-state index contributed by atoms with van der Waals surface area (Å²) >= 11 is 0. The van der Waals surface area contributed by atoms with Crippen LogP contribution in [0.4, 0.5) is 11.6 Å². The number of fused-ring (bicyclic) bond motifs is 2. The minimum absolute atomic E-state index is 0.00896. The van der Waals surface area contributed by atoms with E-state index >= 15 is 0 Å². The predicted molar refractivity (Wildman–Crippen MR) is 422 cm³/mol. The summed E-state index contributed by atoms with van der Waals surface area (Å²) in [6.07, 6.45) is -0.201. The highest BCUT2D eigenvalue weighted by Gasteiger charge is 2.54. The number of nitrogens with one attached hydrogen (secondary N) is 4. The number of nitrogens with zero attached hydrogens (tertiary/aromatic N) is 8. The van der Waals surface area contributed by atoms with Gasteiger partial charge in [0, 0.05) is 73.5 Å². The molecule has 0 radical (unpaired) electrons. The molecule has 4 aromatic heterocycles. The highest BCUT2D eigenvalue weighted by atomic mass is 31.3. The smallest absolute Gasteiger partial charge is 0.386 e. The third kappa shape index (κ3) is 28.6. The van der Waals surface area contributed by atoms with E-state index in [1.165, 1.54) is 38.8 Å². The van der Waals surface area contributed by atoms with Gasteiger partial charge in [0.2, 0.25) is 23.6 Å². The van der Waals surface area contributed by atoms with Gasteiger partial charge in [-0.2, -0.15) is 8.62 Å². The van der Waals surface area contributed by atoms with E-state index in [1.54, 1.807) is 0 Å². The molecule has 4 fully saturated rings. The number of phosphoric acid groups is 6. The first kappa shape index (κ1) is 99.4. The number of unbranched alkanes of at least 4 members (excludes halogenated alkanes) is 6. The topological polar surface area (TPSA) is 727 Å². The SMILES string of the molecule is CC(C)(COP(=O)(O)OP(=O)(O)OCC1OC(n2cnc3c(N)ncnc32)C(O)C1OP(=O)(O)O)C(O)C(=O)NCCC(=O)NCCC(=O)C1(CCCCCCc2ccccc2CCCCCCC2(C(=O)CCNC(=O)CCNC(=O)C(O)C(C)(C)COP(=O)(O)OP(=O)(O)OCC3OC(n4cnc5c(N)ncnc54)C(O)C3OP(=O)(O)O)CC2)CC1. The van der Waals surface area contributed by atoms with E-state index in [0.717, 1.165) is 137 Å². The molecular weight excluding hydrogens is 1740 g/mol. The van der Waals surface area contributed by atoms with E-state index < -0.39 is 180 Å². The van der Waals surface area contributed by atoms with E-state index in [2.05, 4.69) is 81.0 Å². The van der Waals surface area contributed by atoms with Crippen molar-refractivity contribution < 1.29 is 161 Å². The number of imidazole rings is 2. The van der Waals surface area contributed by atoms with Gasteiger partial charge in [-0.25, -0.2) is 57.3 Å². The molecule has 6 heterocycles. The second-order valence-corrected chi connectivity index (χ2v) is 40.1. The number of nitrogen functional groups attached to an aromatic ring is 2. The molecular formula is C68H106N14O34P6. The number of Topliss-reactive ketones (excluding diaryl/α,β-unsaturated/α-hetero) is 2. The second-order valence-electron chi connectivity index (χ2n) is 31.6. The summed E-state index contributed by atoms with van der Waals surface area (Å²) in [5, 5.41) is 53.8. The average molecular weight is 1850 g/mol. The molecule has 0 bridgehead atoms. The summed E-state index contributed by atoms with van der Waals surface area (Å²) in [6.45, 7) is 0.414. The number of aliphatic hydroxyl groups is 4. The Morgan fingerprint density at radius 1 is 0.500 bits per heavy atom. The van der Waals surface area contributed by atoms with Crippen molar-refractivity contribution in [3.63, 3.8) is 0 Å². The quantitative estimate of drug-likeness (QED) is 0.0196. The maximum absolute atomic E-state index is 13.3. The lowest BCUT2D eigenvalue weighted by atomic mass is 9.87. The molecule has 14 atom stereocenters. The molecule has 2 saturated carbocycles. The largest absolute Gasteiger partial charge is 0.481 e. The fourth-order valence-corrected chi connectivity index (χ4v) is 19.6. The molecule has 4 amide bonds. The van der Waals surface area contributed by atoms with Crippen molar-refractivity contribution >= 4 is 116 Å². The standard InChI is InChI=1S/C68H106N14O34P6/c1-65(2,35-109-121(103,104)115-119(99,100)107-33-43-53(113-117(93,94)95)51(87)63(111-43)81-39-79-49-57(69)75-37-77-59(49)81)55(89)61(91)73-31-21-47(85)71-29-19-45(83)67(25-26-67)23-13-7-5-9-15-41-17-11-12-18-42(41)16-10-6-8-14-24-68(27-28-68)46(84)20-30-72-48(86)22-32-74-62(92)56(90)66(3,4)36-110-122(105,106)116-120(101,102)108-34-44-54(114-118(96,97)98)52(88)64(112-44)82-40-80-50-58(70)76-38-78-60(50)82/h11-12,17-18,37-40,43-44,51-56,63-64,87-90H,5-10,13-16,19-36H2,1-4H3,(H,71,85)(H,72,86)(H,73,91)(H,74,92)(H,99,100)(H,101,102)(H,103,104)(H,105,106)(H2,69,75,77)(H2,70,76,78)(H2,93,94,95)(H2,96,97,98). The lowest BCUT2D eigenvalue weighted by molar-refractivity contribution is -0.137. The van der Waals surface area contributed by atoms with Gasteiger partial charge in [-0.3, -0.25) is 65.0 Å². The number of ketones is 2. The number of phosphoric ester groups is 6. The van der Waals surface area contributed by atoms with Gasteiger partial charge in [-0.15, -0.1) is 0 Å². The highest BCUT2D eigenvalue weighted by Crippen LogP contribution is 2.63. The van der Waals surface area contributed by atoms with Crippen LogP contribution in [0.15, 0.2) is 49.6 Å². The minimum atomic E-state index is -5.64. The van der Waals surface area contributed by atoms with Crippen molar-refractivity contribution in [3.8, 4) is 0 Å². The van der Waals surface area contributed by atoms with Gasteiger partial charge in [-0.05, 0) is 75.3 Å². The zero-order valence-corrected chi connectivity index (χ0v) is 72.3. The number of carbonyl (C=O) groups is 6. The second kappa shape index (κ2) is 42.0. The first-order valence-electron chi connectivity index (χ1n) is 39.0. The van der Waals surface area contributed by atoms with Crippen LogP contribution >= 0.6 is 46.9 Å². The maximum atomic E-state index is 13.3. The normalized spacial score (nSPS) is 22.8. The third-order valence-electron chi connectivity index (χ3n) is 21.2. The van der Waals surface area contributed by atoms with E-state index in [9.17, 15) is 116 Å². The molecule has 48 nitrogen and oxygen atoms in total. The first-order valence-corrected chi connectivity index (χ1v) is 48.0. The zero-order valence-electron chi connectivity index (χ0n) is 67.0. The van der Waals surface area contributed by atoms with Crippen molar-refractivity contribution in [2.45, 2.75) is 217 Å². The van der Waals surface area contributed by atoms with Crippen LogP contribution in [-0.2, 0) is 114 Å². The van der Waals surface area contributed by atoms with Gasteiger partial charge < -0.3 is 102 Å². The van der Waals surface area contributed by atoms with Gasteiger partial charge in [0.25, 0.3) is 0 Å². The molecule has 0 spiro atoms. The molecule has 5 aromatic rings. The minimum Gasteiger partial charge on any atom is -0.386 e. The Balaban J connectivity index is 0.571. The van der Waals surface area contributed by atoms with Gasteiger partial charge in [0.05, 0.1) is 39.1 Å². The van der Waals surface area contributed by atoms with E-state index in [4.69, 9.17) is 39.0 Å². The van der Waals surface area contributed by atoms with Crippen LogP contribution in [0, 0.1) is 21.7 Å². The van der Waals surface area contributed by atoms with Crippen molar-refractivity contribution in [1.82, 2.24) is 60.3 Å².